The molecule has 0 heterocycles. The van der Waals surface area contributed by atoms with Gasteiger partial charge in [0.1, 0.15) is 0 Å². The van der Waals surface area contributed by atoms with Crippen molar-refractivity contribution in [3.63, 3.8) is 0 Å². The largest absolute Gasteiger partial charge is 0.308 e. The molecule has 0 aliphatic rings. The van der Waals surface area contributed by atoms with Crippen molar-refractivity contribution in [1.82, 2.24) is 0 Å². The van der Waals surface area contributed by atoms with E-state index in [0.29, 0.717) is 17.7 Å². The summed E-state index contributed by atoms with van der Waals surface area (Å²) in [6.45, 7) is 0. The Morgan fingerprint density at radius 3 is 1.64 bits per heavy atom. The van der Waals surface area contributed by atoms with Crippen LogP contribution in [-0.2, 0) is 0 Å². The molecule has 0 aromatic heterocycles. The summed E-state index contributed by atoms with van der Waals surface area (Å²) in [5.74, 6) is 0. The van der Waals surface area contributed by atoms with Crippen molar-refractivity contribution in [2.45, 2.75) is 0 Å². The van der Waals surface area contributed by atoms with Gasteiger partial charge in [0, 0.05) is 19.2 Å². The minimum absolute atomic E-state index is 0.160. The molecule has 144 valence electrons. The van der Waals surface area contributed by atoms with E-state index in [-0.39, 0.29) is 5.69 Å². The highest BCUT2D eigenvalue weighted by Gasteiger charge is 2.33. The SMILES string of the molecule is CN(N=Cc1ccc([N+](=O)[O-])cc1)c1c([N+](=O)[O-])cc([N+](=O)[O-])cc1[N+](=O)[O-]. The Morgan fingerprint density at radius 1 is 0.786 bits per heavy atom. The Labute approximate surface area is 154 Å². The topological polar surface area (TPSA) is 188 Å². The van der Waals surface area contributed by atoms with Crippen LogP contribution < -0.4 is 5.01 Å². The number of benzene rings is 2. The molecule has 0 saturated heterocycles. The average Bonchev–Trinajstić information content (AvgIpc) is 2.65. The number of nitro benzene ring substituents is 4. The lowest BCUT2D eigenvalue weighted by Crippen LogP contribution is -2.14. The molecule has 0 aliphatic heterocycles. The quantitative estimate of drug-likeness (QED) is 0.389. The molecule has 2 aromatic rings. The Kier molecular flexibility index (Phi) is 5.53. The van der Waals surface area contributed by atoms with E-state index in [9.17, 15) is 40.5 Å². The van der Waals surface area contributed by atoms with E-state index in [1.807, 2.05) is 0 Å². The number of non-ortho nitro benzene ring substituents is 2. The van der Waals surface area contributed by atoms with Gasteiger partial charge in [0.2, 0.25) is 5.69 Å². The Morgan fingerprint density at radius 2 is 1.25 bits per heavy atom. The standard InChI is InChI=1S/C14H10N6O8/c1-16(15-8-9-2-4-10(5-3-9)17(21)22)14-12(19(25)26)6-11(18(23)24)7-13(14)20(27)28/h2-8H,1H3. The van der Waals surface area contributed by atoms with Gasteiger partial charge in [-0.1, -0.05) is 0 Å². The average molecular weight is 390 g/mol. The number of rotatable bonds is 7. The first-order chi connectivity index (χ1) is 13.1. The maximum atomic E-state index is 11.3. The zero-order valence-electron chi connectivity index (χ0n) is 14.0. The number of hydrazone groups is 1. The van der Waals surface area contributed by atoms with E-state index in [4.69, 9.17) is 0 Å². The second kappa shape index (κ2) is 7.81. The van der Waals surface area contributed by atoms with E-state index in [1.165, 1.54) is 37.5 Å². The third-order valence-corrected chi connectivity index (χ3v) is 3.47. The van der Waals surface area contributed by atoms with Crippen LogP contribution >= 0.6 is 0 Å². The van der Waals surface area contributed by atoms with E-state index in [0.717, 1.165) is 5.01 Å². The lowest BCUT2D eigenvalue weighted by atomic mass is 10.2. The Hall–Kier alpha value is -4.49. The van der Waals surface area contributed by atoms with Crippen molar-refractivity contribution in [3.05, 3.63) is 82.4 Å². The summed E-state index contributed by atoms with van der Waals surface area (Å²) in [5.41, 5.74) is -2.89. The highest BCUT2D eigenvalue weighted by Crippen LogP contribution is 2.40. The van der Waals surface area contributed by atoms with Crippen molar-refractivity contribution < 1.29 is 19.7 Å². The van der Waals surface area contributed by atoms with Gasteiger partial charge >= 0.3 is 11.4 Å². The van der Waals surface area contributed by atoms with Crippen molar-refractivity contribution in [2.75, 3.05) is 12.1 Å². The summed E-state index contributed by atoms with van der Waals surface area (Å²) < 4.78 is 0. The molecule has 0 fully saturated rings. The molecule has 0 atom stereocenters. The Balaban J connectivity index is 2.49. The normalized spacial score (nSPS) is 10.6. The van der Waals surface area contributed by atoms with Gasteiger partial charge in [-0.3, -0.25) is 45.5 Å². The molecule has 0 saturated carbocycles. The summed E-state index contributed by atoms with van der Waals surface area (Å²) in [5, 5.41) is 48.7. The van der Waals surface area contributed by atoms with Crippen LogP contribution in [0.2, 0.25) is 0 Å². The van der Waals surface area contributed by atoms with Crippen LogP contribution in [0.4, 0.5) is 28.4 Å². The first-order valence-electron chi connectivity index (χ1n) is 7.25. The van der Waals surface area contributed by atoms with E-state index >= 15 is 0 Å². The highest BCUT2D eigenvalue weighted by molar-refractivity contribution is 5.83. The van der Waals surface area contributed by atoms with E-state index < -0.39 is 42.4 Å². The van der Waals surface area contributed by atoms with Gasteiger partial charge in [0.15, 0.2) is 0 Å². The van der Waals surface area contributed by atoms with Crippen molar-refractivity contribution >= 4 is 34.7 Å². The van der Waals surface area contributed by atoms with Crippen LogP contribution in [0.5, 0.6) is 0 Å². The van der Waals surface area contributed by atoms with Crippen LogP contribution in [0, 0.1) is 40.5 Å². The first-order valence-corrected chi connectivity index (χ1v) is 7.25. The molecule has 14 heteroatoms. The predicted octanol–water partition coefficient (Wildman–Crippen LogP) is 2.79. The summed E-state index contributed by atoms with van der Waals surface area (Å²) in [6.07, 6.45) is 1.17. The third kappa shape index (κ3) is 4.18. The molecule has 0 N–H and O–H groups in total. The molecule has 0 spiro atoms. The molecule has 14 nitrogen and oxygen atoms in total. The van der Waals surface area contributed by atoms with Crippen LogP contribution in [-0.4, -0.2) is 33.0 Å². The molecule has 0 aliphatic carbocycles. The number of anilines is 1. The second-order valence-corrected chi connectivity index (χ2v) is 5.22. The predicted molar refractivity (Wildman–Crippen MR) is 95.5 cm³/mol. The van der Waals surface area contributed by atoms with Gasteiger partial charge in [-0.25, -0.2) is 0 Å². The molecule has 0 unspecified atom stereocenters. The fourth-order valence-electron chi connectivity index (χ4n) is 2.20. The van der Waals surface area contributed by atoms with Crippen LogP contribution in [0.15, 0.2) is 41.5 Å². The molecule has 0 bridgehead atoms. The minimum Gasteiger partial charge on any atom is -0.258 e. The lowest BCUT2D eigenvalue weighted by molar-refractivity contribution is -0.402. The number of nitrogens with zero attached hydrogens (tertiary/aromatic N) is 6. The van der Waals surface area contributed by atoms with Gasteiger partial charge in [-0.2, -0.15) is 5.10 Å². The van der Waals surface area contributed by atoms with Crippen LogP contribution in [0.25, 0.3) is 0 Å². The van der Waals surface area contributed by atoms with Gasteiger partial charge in [-0.15, -0.1) is 0 Å². The molecule has 0 amide bonds. The molecule has 28 heavy (non-hydrogen) atoms. The molecule has 2 rings (SSSR count). The first kappa shape index (κ1) is 19.8. The minimum atomic E-state index is -0.993. The monoisotopic (exact) mass is 390 g/mol. The number of hydrogen-bond acceptors (Lipinski definition) is 10. The Bertz CT molecular complexity index is 968. The summed E-state index contributed by atoms with van der Waals surface area (Å²) >= 11 is 0. The van der Waals surface area contributed by atoms with Gasteiger partial charge in [-0.05, 0) is 17.7 Å². The number of hydrogen-bond donors (Lipinski definition) is 0. The lowest BCUT2D eigenvalue weighted by Gasteiger charge is -2.13. The van der Waals surface area contributed by atoms with Crippen LogP contribution in [0.1, 0.15) is 5.56 Å². The van der Waals surface area contributed by atoms with Crippen molar-refractivity contribution in [3.8, 4) is 0 Å². The smallest absolute Gasteiger partial charge is 0.258 e. The number of nitro groups is 4. The molecular weight excluding hydrogens is 380 g/mol. The fourth-order valence-corrected chi connectivity index (χ4v) is 2.20. The summed E-state index contributed by atoms with van der Waals surface area (Å²) in [4.78, 5) is 40.5. The highest BCUT2D eigenvalue weighted by atomic mass is 16.6. The fraction of sp³-hybridized carbons (Fsp3) is 0.0714. The zero-order valence-corrected chi connectivity index (χ0v) is 14.0. The second-order valence-electron chi connectivity index (χ2n) is 5.22. The van der Waals surface area contributed by atoms with E-state index in [1.54, 1.807) is 0 Å². The maximum absolute atomic E-state index is 11.3. The maximum Gasteiger partial charge on any atom is 0.308 e. The van der Waals surface area contributed by atoms with E-state index in [2.05, 4.69) is 5.10 Å². The molecule has 0 radical (unpaired) electrons. The zero-order chi connectivity index (χ0) is 21.0. The third-order valence-electron chi connectivity index (χ3n) is 3.47. The van der Waals surface area contributed by atoms with Crippen molar-refractivity contribution in [2.24, 2.45) is 5.10 Å². The molecule has 2 aromatic carbocycles. The summed E-state index contributed by atoms with van der Waals surface area (Å²) in [7, 11) is 1.18. The van der Waals surface area contributed by atoms with Gasteiger partial charge in [0.05, 0.1) is 38.0 Å². The molecular formula is C14H10N6O8. The van der Waals surface area contributed by atoms with Crippen LogP contribution in [0.3, 0.4) is 0 Å². The van der Waals surface area contributed by atoms with Crippen molar-refractivity contribution in [1.29, 1.82) is 0 Å². The van der Waals surface area contributed by atoms with Gasteiger partial charge in [0.25, 0.3) is 11.4 Å². The summed E-state index contributed by atoms with van der Waals surface area (Å²) in [6, 6.07) is 6.32. The van der Waals surface area contributed by atoms with Gasteiger partial charge < -0.3 is 0 Å².